The molecule has 2 bridgehead atoms. The van der Waals surface area contributed by atoms with Crippen molar-refractivity contribution in [2.24, 2.45) is 11.8 Å². The summed E-state index contributed by atoms with van der Waals surface area (Å²) in [7, 11) is 0. The van der Waals surface area contributed by atoms with Gasteiger partial charge in [-0.3, -0.25) is 9.69 Å². The molecule has 0 aromatic heterocycles. The summed E-state index contributed by atoms with van der Waals surface area (Å²) in [6, 6.07) is 1.34. The van der Waals surface area contributed by atoms with Crippen molar-refractivity contribution in [3.8, 4) is 0 Å². The molecule has 18 heavy (non-hydrogen) atoms. The molecule has 0 radical (unpaired) electrons. The van der Waals surface area contributed by atoms with Crippen LogP contribution in [0.5, 0.6) is 0 Å². The predicted molar refractivity (Wildman–Crippen MR) is 70.1 cm³/mol. The average molecular weight is 246 g/mol. The van der Waals surface area contributed by atoms with Crippen molar-refractivity contribution >= 4 is 5.78 Å². The molecule has 3 saturated heterocycles. The molecule has 3 fully saturated rings. The lowest BCUT2D eigenvalue weighted by Crippen LogP contribution is -2.62. The van der Waals surface area contributed by atoms with Crippen molar-refractivity contribution in [2.75, 3.05) is 19.6 Å². The maximum atomic E-state index is 11.6. The predicted octanol–water partition coefficient (Wildman–Crippen LogP) is 1.65. The Bertz CT molecular complexity index is 392. The Labute approximate surface area is 109 Å². The first kappa shape index (κ1) is 11.0. The number of hydrogen-bond donors (Lipinski definition) is 0. The lowest BCUT2D eigenvalue weighted by atomic mass is 9.71. The largest absolute Gasteiger partial charge is 0.373 e. The van der Waals surface area contributed by atoms with Crippen molar-refractivity contribution in [3.63, 3.8) is 0 Å². The molecule has 3 heteroatoms. The number of piperidine rings is 3. The number of nitrogens with zero attached hydrogens (tertiary/aromatic N) is 2. The van der Waals surface area contributed by atoms with E-state index in [1.165, 1.54) is 45.3 Å². The molecule has 4 heterocycles. The third-order valence-corrected chi connectivity index (χ3v) is 5.56. The standard InChI is InChI=1S/C15H22N2O/c18-13-4-6-17-9-11-7-12(15(17)8-13)10-16-5-2-1-3-14(11)16/h4,6,11-12,14-15H,1-3,5,7-10H2/t11-,12-,14+,15-/m1/s1. The molecule has 0 unspecified atom stereocenters. The number of carbonyl (C=O) groups is 1. The molecule has 4 atom stereocenters. The zero-order chi connectivity index (χ0) is 12.1. The van der Waals surface area contributed by atoms with Gasteiger partial charge in [0.25, 0.3) is 0 Å². The first-order chi connectivity index (χ1) is 8.81. The van der Waals surface area contributed by atoms with Crippen LogP contribution in [0.1, 0.15) is 32.1 Å². The number of carbonyl (C=O) groups excluding carboxylic acids is 1. The van der Waals surface area contributed by atoms with Crippen molar-refractivity contribution in [2.45, 2.75) is 44.2 Å². The van der Waals surface area contributed by atoms with Gasteiger partial charge >= 0.3 is 0 Å². The maximum Gasteiger partial charge on any atom is 0.159 e. The summed E-state index contributed by atoms with van der Waals surface area (Å²) < 4.78 is 0. The Balaban J connectivity index is 1.60. The minimum atomic E-state index is 0.329. The van der Waals surface area contributed by atoms with Crippen LogP contribution < -0.4 is 0 Å². The van der Waals surface area contributed by atoms with Gasteiger partial charge in [0.1, 0.15) is 0 Å². The second-order valence-electron chi connectivity index (χ2n) is 6.56. The van der Waals surface area contributed by atoms with Crippen LogP contribution >= 0.6 is 0 Å². The Kier molecular flexibility index (Phi) is 2.51. The smallest absolute Gasteiger partial charge is 0.159 e. The molecule has 0 aromatic carbocycles. The van der Waals surface area contributed by atoms with Crippen molar-refractivity contribution in [1.82, 2.24) is 9.80 Å². The highest BCUT2D eigenvalue weighted by Crippen LogP contribution is 2.41. The first-order valence-electron chi connectivity index (χ1n) is 7.52. The monoisotopic (exact) mass is 246 g/mol. The van der Waals surface area contributed by atoms with Crippen LogP contribution in [-0.2, 0) is 4.79 Å². The summed E-state index contributed by atoms with van der Waals surface area (Å²) in [6.45, 7) is 3.73. The van der Waals surface area contributed by atoms with E-state index in [1.54, 1.807) is 6.08 Å². The van der Waals surface area contributed by atoms with Gasteiger partial charge in [-0.25, -0.2) is 0 Å². The zero-order valence-corrected chi connectivity index (χ0v) is 10.9. The fraction of sp³-hybridized carbons (Fsp3) is 0.800. The van der Waals surface area contributed by atoms with E-state index in [9.17, 15) is 4.79 Å². The molecule has 0 spiro atoms. The lowest BCUT2D eigenvalue weighted by molar-refractivity contribution is -0.119. The van der Waals surface area contributed by atoms with Gasteiger partial charge in [0.05, 0.1) is 0 Å². The van der Waals surface area contributed by atoms with Gasteiger partial charge in [-0.15, -0.1) is 0 Å². The fourth-order valence-electron chi connectivity index (χ4n) is 4.76. The van der Waals surface area contributed by atoms with Crippen LogP contribution in [-0.4, -0.2) is 47.3 Å². The molecular weight excluding hydrogens is 224 g/mol. The van der Waals surface area contributed by atoms with E-state index >= 15 is 0 Å². The van der Waals surface area contributed by atoms with Gasteiger partial charge in [-0.1, -0.05) is 6.42 Å². The van der Waals surface area contributed by atoms with E-state index in [0.717, 1.165) is 24.3 Å². The number of ketones is 1. The highest BCUT2D eigenvalue weighted by molar-refractivity contribution is 5.90. The molecule has 4 aliphatic rings. The van der Waals surface area contributed by atoms with Crippen LogP contribution in [0.4, 0.5) is 0 Å². The van der Waals surface area contributed by atoms with E-state index < -0.39 is 0 Å². The minimum absolute atomic E-state index is 0.329. The third-order valence-electron chi connectivity index (χ3n) is 5.56. The lowest BCUT2D eigenvalue weighted by Gasteiger charge is -2.56. The van der Waals surface area contributed by atoms with Crippen LogP contribution in [0.2, 0.25) is 0 Å². The second kappa shape index (κ2) is 4.09. The summed E-state index contributed by atoms with van der Waals surface area (Å²) in [4.78, 5) is 16.9. The number of allylic oxidation sites excluding steroid dienone is 1. The summed E-state index contributed by atoms with van der Waals surface area (Å²) in [5.41, 5.74) is 0. The number of rotatable bonds is 0. The normalized spacial score (nSPS) is 43.6. The minimum Gasteiger partial charge on any atom is -0.373 e. The van der Waals surface area contributed by atoms with E-state index in [1.807, 2.05) is 0 Å². The van der Waals surface area contributed by atoms with Crippen LogP contribution in [0.15, 0.2) is 12.3 Å². The molecular formula is C15H22N2O. The fourth-order valence-corrected chi connectivity index (χ4v) is 4.76. The summed E-state index contributed by atoms with van der Waals surface area (Å²) in [6.07, 6.45) is 10.2. The average Bonchev–Trinajstić information content (AvgIpc) is 2.40. The van der Waals surface area contributed by atoms with Crippen LogP contribution in [0, 0.1) is 11.8 Å². The van der Waals surface area contributed by atoms with Gasteiger partial charge in [-0.2, -0.15) is 0 Å². The molecule has 4 aliphatic heterocycles. The van der Waals surface area contributed by atoms with Gasteiger partial charge in [0.2, 0.25) is 0 Å². The zero-order valence-electron chi connectivity index (χ0n) is 10.9. The number of fused-ring (bicyclic) bond motifs is 6. The summed E-state index contributed by atoms with van der Waals surface area (Å²) in [5, 5.41) is 0. The van der Waals surface area contributed by atoms with E-state index in [4.69, 9.17) is 0 Å². The Hall–Kier alpha value is -0.830. The van der Waals surface area contributed by atoms with Crippen molar-refractivity contribution < 1.29 is 4.79 Å². The molecule has 0 aliphatic carbocycles. The first-order valence-corrected chi connectivity index (χ1v) is 7.52. The highest BCUT2D eigenvalue weighted by atomic mass is 16.1. The Morgan fingerprint density at radius 2 is 2.00 bits per heavy atom. The van der Waals surface area contributed by atoms with E-state index in [-0.39, 0.29) is 0 Å². The molecule has 3 nitrogen and oxygen atoms in total. The maximum absolute atomic E-state index is 11.6. The van der Waals surface area contributed by atoms with Gasteiger partial charge in [0.15, 0.2) is 5.78 Å². The Morgan fingerprint density at radius 3 is 2.94 bits per heavy atom. The van der Waals surface area contributed by atoms with Crippen molar-refractivity contribution in [3.05, 3.63) is 12.3 Å². The van der Waals surface area contributed by atoms with E-state index in [2.05, 4.69) is 16.0 Å². The Morgan fingerprint density at radius 1 is 1.11 bits per heavy atom. The molecule has 0 amide bonds. The van der Waals surface area contributed by atoms with Crippen LogP contribution in [0.25, 0.3) is 0 Å². The van der Waals surface area contributed by atoms with Gasteiger partial charge in [0, 0.05) is 37.8 Å². The summed E-state index contributed by atoms with van der Waals surface area (Å²) in [5.74, 6) is 1.90. The highest BCUT2D eigenvalue weighted by Gasteiger charge is 2.46. The number of hydrogen-bond acceptors (Lipinski definition) is 3. The quantitative estimate of drug-likeness (QED) is 0.649. The third kappa shape index (κ3) is 1.63. The molecule has 0 N–H and O–H groups in total. The molecule has 0 aromatic rings. The second-order valence-corrected chi connectivity index (χ2v) is 6.56. The van der Waals surface area contributed by atoms with Crippen molar-refractivity contribution in [1.29, 1.82) is 0 Å². The van der Waals surface area contributed by atoms with Gasteiger partial charge < -0.3 is 4.90 Å². The van der Waals surface area contributed by atoms with E-state index in [0.29, 0.717) is 11.8 Å². The molecule has 4 rings (SSSR count). The van der Waals surface area contributed by atoms with Crippen LogP contribution in [0.3, 0.4) is 0 Å². The van der Waals surface area contributed by atoms with Gasteiger partial charge in [-0.05, 0) is 43.7 Å². The topological polar surface area (TPSA) is 23.6 Å². The molecule has 98 valence electrons. The SMILES string of the molecule is O=C1C=CN2C[C@H]3C[C@H](CN4CCCC[C@@H]34)[C@H]2C1. The molecule has 0 saturated carbocycles. The summed E-state index contributed by atoms with van der Waals surface area (Å²) >= 11 is 0.